The molecule has 0 aromatic rings. The van der Waals surface area contributed by atoms with E-state index in [0.717, 1.165) is 25.8 Å². The molecule has 1 fully saturated rings. The minimum atomic E-state index is -0.287. The van der Waals surface area contributed by atoms with E-state index >= 15 is 0 Å². The highest BCUT2D eigenvalue weighted by atomic mass is 16.2. The van der Waals surface area contributed by atoms with E-state index in [-0.39, 0.29) is 23.8 Å². The highest BCUT2D eigenvalue weighted by Gasteiger charge is 2.30. The summed E-state index contributed by atoms with van der Waals surface area (Å²) in [5.74, 6) is -0.317. The van der Waals surface area contributed by atoms with E-state index < -0.39 is 0 Å². The lowest BCUT2D eigenvalue weighted by Gasteiger charge is -2.37. The van der Waals surface area contributed by atoms with Crippen LogP contribution in [-0.2, 0) is 9.59 Å². The second-order valence-electron chi connectivity index (χ2n) is 4.78. The fraction of sp³-hybridized carbons (Fsp3) is 0.833. The fourth-order valence-corrected chi connectivity index (χ4v) is 2.25. The molecule has 0 aliphatic carbocycles. The summed E-state index contributed by atoms with van der Waals surface area (Å²) in [6.07, 6.45) is 3.04. The van der Waals surface area contributed by atoms with Crippen LogP contribution in [0.5, 0.6) is 0 Å². The quantitative estimate of drug-likeness (QED) is 0.670. The summed E-state index contributed by atoms with van der Waals surface area (Å²) in [6.45, 7) is 3.37. The van der Waals surface area contributed by atoms with Gasteiger partial charge in [0.25, 0.3) is 0 Å². The molecule has 0 radical (unpaired) electrons. The third-order valence-electron chi connectivity index (χ3n) is 3.42. The number of hydrogen-bond acceptors (Lipinski definition) is 3. The Labute approximate surface area is 103 Å². The number of hydrogen-bond donors (Lipinski definition) is 2. The predicted molar refractivity (Wildman–Crippen MR) is 66.3 cm³/mol. The topological polar surface area (TPSA) is 75.4 Å². The van der Waals surface area contributed by atoms with Gasteiger partial charge in [-0.05, 0) is 39.8 Å². The number of nitrogens with zero attached hydrogens (tertiary/aromatic N) is 1. The van der Waals surface area contributed by atoms with Gasteiger partial charge in [-0.25, -0.2) is 0 Å². The van der Waals surface area contributed by atoms with Crippen molar-refractivity contribution < 1.29 is 9.59 Å². The number of piperidine rings is 1. The molecular weight excluding hydrogens is 218 g/mol. The van der Waals surface area contributed by atoms with Crippen molar-refractivity contribution in [2.75, 3.05) is 20.1 Å². The number of nitrogens with two attached hydrogens (primary N) is 1. The lowest BCUT2D eigenvalue weighted by Crippen LogP contribution is -2.48. The van der Waals surface area contributed by atoms with Crippen LogP contribution >= 0.6 is 0 Å². The molecule has 0 aromatic heterocycles. The van der Waals surface area contributed by atoms with Crippen LogP contribution in [0, 0.1) is 5.92 Å². The fourth-order valence-electron chi connectivity index (χ4n) is 2.25. The summed E-state index contributed by atoms with van der Waals surface area (Å²) in [5.41, 5.74) is 5.31. The summed E-state index contributed by atoms with van der Waals surface area (Å²) in [7, 11) is 1.87. The van der Waals surface area contributed by atoms with E-state index in [1.165, 1.54) is 0 Å². The first-order valence-corrected chi connectivity index (χ1v) is 6.29. The van der Waals surface area contributed by atoms with Crippen molar-refractivity contribution in [1.82, 2.24) is 10.2 Å². The molecule has 1 aliphatic heterocycles. The van der Waals surface area contributed by atoms with Crippen LogP contribution in [0.1, 0.15) is 32.6 Å². The SMILES string of the molecule is CNCCCC(=O)N1C[C@@H](C(N)=O)CC[C@H]1C. The Bertz CT molecular complexity index is 281. The van der Waals surface area contributed by atoms with Crippen molar-refractivity contribution in [1.29, 1.82) is 0 Å². The van der Waals surface area contributed by atoms with Gasteiger partial charge >= 0.3 is 0 Å². The monoisotopic (exact) mass is 241 g/mol. The van der Waals surface area contributed by atoms with Crippen molar-refractivity contribution in [2.24, 2.45) is 11.7 Å². The largest absolute Gasteiger partial charge is 0.369 e. The number of nitrogens with one attached hydrogen (secondary N) is 1. The Balaban J connectivity index is 2.48. The summed E-state index contributed by atoms with van der Waals surface area (Å²) < 4.78 is 0. The maximum Gasteiger partial charge on any atom is 0.222 e. The molecule has 2 atom stereocenters. The summed E-state index contributed by atoms with van der Waals surface area (Å²) in [6, 6.07) is 0.229. The lowest BCUT2D eigenvalue weighted by atomic mass is 9.92. The number of primary amides is 1. The van der Waals surface area contributed by atoms with Crippen LogP contribution in [-0.4, -0.2) is 42.9 Å². The molecule has 1 heterocycles. The molecule has 0 saturated carbocycles. The number of amides is 2. The van der Waals surface area contributed by atoms with E-state index in [9.17, 15) is 9.59 Å². The smallest absolute Gasteiger partial charge is 0.222 e. The van der Waals surface area contributed by atoms with Gasteiger partial charge in [0.1, 0.15) is 0 Å². The Morgan fingerprint density at radius 1 is 1.41 bits per heavy atom. The minimum Gasteiger partial charge on any atom is -0.369 e. The predicted octanol–water partition coefficient (Wildman–Crippen LogP) is 0.0984. The van der Waals surface area contributed by atoms with Crippen molar-refractivity contribution in [3.63, 3.8) is 0 Å². The first-order valence-electron chi connectivity index (χ1n) is 6.29. The third-order valence-corrected chi connectivity index (χ3v) is 3.42. The molecule has 3 N–H and O–H groups in total. The molecule has 5 nitrogen and oxygen atoms in total. The van der Waals surface area contributed by atoms with E-state index in [0.29, 0.717) is 13.0 Å². The number of carbonyl (C=O) groups is 2. The van der Waals surface area contributed by atoms with Gasteiger partial charge in [0, 0.05) is 19.0 Å². The molecule has 1 aliphatic rings. The molecule has 2 amide bonds. The molecule has 0 spiro atoms. The van der Waals surface area contributed by atoms with Gasteiger partial charge in [-0.1, -0.05) is 0 Å². The first kappa shape index (κ1) is 14.0. The molecule has 1 rings (SSSR count). The minimum absolute atomic E-state index is 0.138. The molecule has 0 aromatic carbocycles. The zero-order valence-electron chi connectivity index (χ0n) is 10.7. The maximum absolute atomic E-state index is 12.0. The standard InChI is InChI=1S/C12H23N3O2/c1-9-5-6-10(12(13)17)8-15(9)11(16)4-3-7-14-2/h9-10,14H,3-8H2,1-2H3,(H2,13,17)/t9-,10+/m1/s1. The second-order valence-corrected chi connectivity index (χ2v) is 4.78. The van der Waals surface area contributed by atoms with Gasteiger partial charge in [0.05, 0.1) is 5.92 Å². The van der Waals surface area contributed by atoms with Crippen LogP contribution < -0.4 is 11.1 Å². The number of carbonyl (C=O) groups excluding carboxylic acids is 2. The van der Waals surface area contributed by atoms with Crippen molar-refractivity contribution in [2.45, 2.75) is 38.6 Å². The first-order chi connectivity index (χ1) is 8.06. The second kappa shape index (κ2) is 6.59. The van der Waals surface area contributed by atoms with Crippen LogP contribution in [0.15, 0.2) is 0 Å². The molecule has 5 heteroatoms. The van der Waals surface area contributed by atoms with E-state index in [1.54, 1.807) is 0 Å². The van der Waals surface area contributed by atoms with Crippen LogP contribution in [0.25, 0.3) is 0 Å². The molecular formula is C12H23N3O2. The summed E-state index contributed by atoms with van der Waals surface area (Å²) in [4.78, 5) is 25.0. The van der Waals surface area contributed by atoms with Crippen LogP contribution in [0.3, 0.4) is 0 Å². The Hall–Kier alpha value is -1.10. The zero-order chi connectivity index (χ0) is 12.8. The van der Waals surface area contributed by atoms with E-state index in [4.69, 9.17) is 5.73 Å². The van der Waals surface area contributed by atoms with Gasteiger partial charge in [-0.2, -0.15) is 0 Å². The normalized spacial score (nSPS) is 24.7. The van der Waals surface area contributed by atoms with Gasteiger partial charge in [0.2, 0.25) is 11.8 Å². The number of rotatable bonds is 5. The van der Waals surface area contributed by atoms with Crippen molar-refractivity contribution in [3.8, 4) is 0 Å². The molecule has 17 heavy (non-hydrogen) atoms. The lowest BCUT2D eigenvalue weighted by molar-refractivity contribution is -0.137. The zero-order valence-corrected chi connectivity index (χ0v) is 10.7. The van der Waals surface area contributed by atoms with Gasteiger partial charge in [-0.15, -0.1) is 0 Å². The van der Waals surface area contributed by atoms with Crippen molar-refractivity contribution >= 4 is 11.8 Å². The average Bonchev–Trinajstić information content (AvgIpc) is 2.29. The summed E-state index contributed by atoms with van der Waals surface area (Å²) >= 11 is 0. The third kappa shape index (κ3) is 4.00. The van der Waals surface area contributed by atoms with Gasteiger partial charge < -0.3 is 16.0 Å². The Morgan fingerprint density at radius 2 is 2.12 bits per heavy atom. The Kier molecular flexibility index (Phi) is 5.41. The maximum atomic E-state index is 12.0. The van der Waals surface area contributed by atoms with Crippen LogP contribution in [0.2, 0.25) is 0 Å². The molecule has 1 saturated heterocycles. The highest BCUT2D eigenvalue weighted by molar-refractivity contribution is 5.80. The highest BCUT2D eigenvalue weighted by Crippen LogP contribution is 2.22. The van der Waals surface area contributed by atoms with Crippen molar-refractivity contribution in [3.05, 3.63) is 0 Å². The van der Waals surface area contributed by atoms with Gasteiger partial charge in [0.15, 0.2) is 0 Å². The summed E-state index contributed by atoms with van der Waals surface area (Å²) in [5, 5.41) is 3.02. The van der Waals surface area contributed by atoms with E-state index in [1.807, 2.05) is 18.9 Å². The molecule has 0 bridgehead atoms. The van der Waals surface area contributed by atoms with Crippen LogP contribution in [0.4, 0.5) is 0 Å². The van der Waals surface area contributed by atoms with Gasteiger partial charge in [-0.3, -0.25) is 9.59 Å². The van der Waals surface area contributed by atoms with E-state index in [2.05, 4.69) is 5.32 Å². The molecule has 0 unspecified atom stereocenters. The number of likely N-dealkylation sites (tertiary alicyclic amines) is 1. The Morgan fingerprint density at radius 3 is 2.71 bits per heavy atom. The molecule has 98 valence electrons. The average molecular weight is 241 g/mol.